The Balaban J connectivity index is 1.95. The molecule has 0 atom stereocenters. The standard InChI is InChI=1S/C18H17BrN2O3S/c1-23-15-5-3-12(9-16(15)24-2)7-8-21-18(22)13(11-20)10-14-4-6-17(19)25-14/h3-6,9-10H,7-8H2,1-2H3,(H,21,22). The highest BCUT2D eigenvalue weighted by molar-refractivity contribution is 9.11. The first kappa shape index (κ1) is 19.0. The van der Waals surface area contributed by atoms with E-state index in [2.05, 4.69) is 21.2 Å². The smallest absolute Gasteiger partial charge is 0.261 e. The summed E-state index contributed by atoms with van der Waals surface area (Å²) < 4.78 is 11.4. The highest BCUT2D eigenvalue weighted by atomic mass is 79.9. The third-order valence-corrected chi connectivity index (χ3v) is 4.96. The van der Waals surface area contributed by atoms with Crippen LogP contribution in [-0.4, -0.2) is 26.7 Å². The summed E-state index contributed by atoms with van der Waals surface area (Å²) in [6.45, 7) is 0.418. The average molecular weight is 421 g/mol. The molecule has 130 valence electrons. The first-order chi connectivity index (χ1) is 12.1. The number of amides is 1. The van der Waals surface area contributed by atoms with Gasteiger partial charge in [-0.25, -0.2) is 0 Å². The van der Waals surface area contributed by atoms with E-state index >= 15 is 0 Å². The van der Waals surface area contributed by atoms with Crippen molar-refractivity contribution < 1.29 is 14.3 Å². The topological polar surface area (TPSA) is 71.3 Å². The van der Waals surface area contributed by atoms with E-state index in [1.807, 2.05) is 36.4 Å². The van der Waals surface area contributed by atoms with Crippen molar-refractivity contribution in [3.63, 3.8) is 0 Å². The van der Waals surface area contributed by atoms with Crippen molar-refractivity contribution in [3.05, 3.63) is 50.1 Å². The normalized spacial score (nSPS) is 10.9. The second kappa shape index (κ2) is 9.25. The number of nitrogens with one attached hydrogen (secondary N) is 1. The Morgan fingerprint density at radius 3 is 2.64 bits per heavy atom. The summed E-state index contributed by atoms with van der Waals surface area (Å²) in [7, 11) is 3.16. The van der Waals surface area contributed by atoms with E-state index < -0.39 is 0 Å². The largest absolute Gasteiger partial charge is 0.493 e. The van der Waals surface area contributed by atoms with E-state index in [0.29, 0.717) is 24.5 Å². The van der Waals surface area contributed by atoms with Gasteiger partial charge in [-0.05, 0) is 58.3 Å². The quantitative estimate of drug-likeness (QED) is 0.546. The van der Waals surface area contributed by atoms with Crippen LogP contribution in [0, 0.1) is 11.3 Å². The maximum absolute atomic E-state index is 12.1. The molecule has 1 aromatic heterocycles. The van der Waals surface area contributed by atoms with Crippen LogP contribution < -0.4 is 14.8 Å². The molecule has 0 saturated heterocycles. The molecule has 7 heteroatoms. The molecule has 0 bridgehead atoms. The fourth-order valence-corrected chi connectivity index (χ4v) is 3.52. The van der Waals surface area contributed by atoms with Gasteiger partial charge in [-0.2, -0.15) is 5.26 Å². The molecule has 0 aliphatic heterocycles. The van der Waals surface area contributed by atoms with Crippen LogP contribution in [0.2, 0.25) is 0 Å². The molecule has 0 aliphatic rings. The Morgan fingerprint density at radius 2 is 2.04 bits per heavy atom. The molecule has 0 saturated carbocycles. The van der Waals surface area contributed by atoms with Crippen molar-refractivity contribution in [1.29, 1.82) is 5.26 Å². The summed E-state index contributed by atoms with van der Waals surface area (Å²) in [6.07, 6.45) is 2.20. The van der Waals surface area contributed by atoms with E-state index in [0.717, 1.165) is 14.2 Å². The van der Waals surface area contributed by atoms with E-state index in [-0.39, 0.29) is 11.5 Å². The zero-order chi connectivity index (χ0) is 18.2. The van der Waals surface area contributed by atoms with Crippen LogP contribution in [0.3, 0.4) is 0 Å². The molecular formula is C18H17BrN2O3S. The molecule has 25 heavy (non-hydrogen) atoms. The minimum absolute atomic E-state index is 0.0849. The van der Waals surface area contributed by atoms with Gasteiger partial charge in [0.15, 0.2) is 11.5 Å². The third-order valence-electron chi connectivity index (χ3n) is 3.39. The maximum atomic E-state index is 12.1. The van der Waals surface area contributed by atoms with Gasteiger partial charge in [0, 0.05) is 11.4 Å². The van der Waals surface area contributed by atoms with Crippen molar-refractivity contribution in [1.82, 2.24) is 5.32 Å². The lowest BCUT2D eigenvalue weighted by atomic mass is 10.1. The zero-order valence-corrected chi connectivity index (χ0v) is 16.2. The molecule has 1 heterocycles. The predicted octanol–water partition coefficient (Wildman–Crippen LogP) is 3.79. The number of halogens is 1. The second-order valence-electron chi connectivity index (χ2n) is 5.01. The van der Waals surface area contributed by atoms with E-state index in [1.165, 1.54) is 11.3 Å². The van der Waals surface area contributed by atoms with Gasteiger partial charge in [0.25, 0.3) is 5.91 Å². The maximum Gasteiger partial charge on any atom is 0.261 e. The van der Waals surface area contributed by atoms with Crippen molar-refractivity contribution >= 4 is 39.2 Å². The summed E-state index contributed by atoms with van der Waals surface area (Å²) in [6, 6.07) is 11.3. The van der Waals surface area contributed by atoms with Gasteiger partial charge in [0.1, 0.15) is 11.6 Å². The first-order valence-corrected chi connectivity index (χ1v) is 9.04. The lowest BCUT2D eigenvalue weighted by molar-refractivity contribution is -0.117. The Kier molecular flexibility index (Phi) is 7.04. The number of nitrogens with zero attached hydrogens (tertiary/aromatic N) is 1. The van der Waals surface area contributed by atoms with Crippen LogP contribution in [0.15, 0.2) is 39.7 Å². The second-order valence-corrected chi connectivity index (χ2v) is 7.50. The third kappa shape index (κ3) is 5.34. The van der Waals surface area contributed by atoms with Crippen LogP contribution in [0.25, 0.3) is 6.08 Å². The Hall–Kier alpha value is -2.30. The number of hydrogen-bond acceptors (Lipinski definition) is 5. The van der Waals surface area contributed by atoms with E-state index in [4.69, 9.17) is 9.47 Å². The molecule has 1 N–H and O–H groups in total. The van der Waals surface area contributed by atoms with Crippen LogP contribution in [-0.2, 0) is 11.2 Å². The molecule has 1 amide bonds. The van der Waals surface area contributed by atoms with Crippen molar-refractivity contribution in [3.8, 4) is 17.6 Å². The number of carbonyl (C=O) groups excluding carboxylic acids is 1. The van der Waals surface area contributed by atoms with Gasteiger partial charge in [-0.15, -0.1) is 11.3 Å². The lowest BCUT2D eigenvalue weighted by Crippen LogP contribution is -2.26. The fraction of sp³-hybridized carbons (Fsp3) is 0.222. The average Bonchev–Trinajstić information content (AvgIpc) is 3.04. The SMILES string of the molecule is COc1ccc(CCNC(=O)C(C#N)=Cc2ccc(Br)s2)cc1OC. The number of rotatable bonds is 7. The van der Waals surface area contributed by atoms with Crippen LogP contribution in [0.4, 0.5) is 0 Å². The molecule has 0 unspecified atom stereocenters. The summed E-state index contributed by atoms with van der Waals surface area (Å²) in [5.74, 6) is 0.923. The van der Waals surface area contributed by atoms with Gasteiger partial charge in [0.2, 0.25) is 0 Å². The molecular weight excluding hydrogens is 404 g/mol. The Bertz CT molecular complexity index is 824. The number of nitriles is 1. The minimum atomic E-state index is -0.382. The predicted molar refractivity (Wildman–Crippen MR) is 102 cm³/mol. The van der Waals surface area contributed by atoms with Crippen molar-refractivity contribution in [2.75, 3.05) is 20.8 Å². The Labute approximate surface area is 159 Å². The number of methoxy groups -OCH3 is 2. The summed E-state index contributed by atoms with van der Waals surface area (Å²) in [5, 5.41) is 12.0. The zero-order valence-electron chi connectivity index (χ0n) is 13.8. The molecule has 0 radical (unpaired) electrons. The molecule has 5 nitrogen and oxygen atoms in total. The number of ether oxygens (including phenoxy) is 2. The van der Waals surface area contributed by atoms with Crippen molar-refractivity contribution in [2.45, 2.75) is 6.42 Å². The highest BCUT2D eigenvalue weighted by Gasteiger charge is 2.10. The fourth-order valence-electron chi connectivity index (χ4n) is 2.15. The molecule has 0 spiro atoms. The lowest BCUT2D eigenvalue weighted by Gasteiger charge is -2.10. The van der Waals surface area contributed by atoms with Gasteiger partial charge < -0.3 is 14.8 Å². The van der Waals surface area contributed by atoms with Gasteiger partial charge in [0.05, 0.1) is 18.0 Å². The molecule has 0 aliphatic carbocycles. The van der Waals surface area contributed by atoms with Crippen LogP contribution >= 0.6 is 27.3 Å². The van der Waals surface area contributed by atoms with Gasteiger partial charge in [-0.1, -0.05) is 6.07 Å². The molecule has 1 aromatic carbocycles. The number of hydrogen-bond donors (Lipinski definition) is 1. The monoisotopic (exact) mass is 420 g/mol. The summed E-state index contributed by atoms with van der Waals surface area (Å²) in [4.78, 5) is 13.0. The summed E-state index contributed by atoms with van der Waals surface area (Å²) >= 11 is 4.82. The van der Waals surface area contributed by atoms with Gasteiger partial charge in [-0.3, -0.25) is 4.79 Å². The number of carbonyl (C=O) groups is 1. The van der Waals surface area contributed by atoms with Gasteiger partial charge >= 0.3 is 0 Å². The van der Waals surface area contributed by atoms with Crippen LogP contribution in [0.1, 0.15) is 10.4 Å². The first-order valence-electron chi connectivity index (χ1n) is 7.43. The highest BCUT2D eigenvalue weighted by Crippen LogP contribution is 2.27. The number of thiophene rings is 1. The summed E-state index contributed by atoms with van der Waals surface area (Å²) in [5.41, 5.74) is 1.09. The molecule has 0 fully saturated rings. The minimum Gasteiger partial charge on any atom is -0.493 e. The number of benzene rings is 1. The van der Waals surface area contributed by atoms with Crippen molar-refractivity contribution in [2.24, 2.45) is 0 Å². The Morgan fingerprint density at radius 1 is 1.28 bits per heavy atom. The molecule has 2 rings (SSSR count). The van der Waals surface area contributed by atoms with Crippen LogP contribution in [0.5, 0.6) is 11.5 Å². The molecule has 2 aromatic rings. The van der Waals surface area contributed by atoms with E-state index in [1.54, 1.807) is 20.3 Å². The van der Waals surface area contributed by atoms with E-state index in [9.17, 15) is 10.1 Å².